The summed E-state index contributed by atoms with van der Waals surface area (Å²) in [5.41, 5.74) is 1.25. The van der Waals surface area contributed by atoms with E-state index >= 15 is 0 Å². The third kappa shape index (κ3) is 9.60. The van der Waals surface area contributed by atoms with Gasteiger partial charge in [-0.25, -0.2) is 0 Å². The van der Waals surface area contributed by atoms with Crippen LogP contribution < -0.4 is 0 Å². The number of nitrogens with zero attached hydrogens (tertiary/aromatic N) is 1. The molecular formula is C25H54BrNO2Si. The summed E-state index contributed by atoms with van der Waals surface area (Å²) >= 11 is 3.51. The van der Waals surface area contributed by atoms with Crippen molar-refractivity contribution in [1.82, 2.24) is 4.90 Å². The highest BCUT2D eigenvalue weighted by atomic mass is 79.9. The molecule has 0 amide bonds. The Hall–Kier alpha value is 0.577. The van der Waals surface area contributed by atoms with E-state index in [4.69, 9.17) is 4.43 Å². The Balaban J connectivity index is 4.70. The summed E-state index contributed by atoms with van der Waals surface area (Å²) in [5, 5.41) is 12.6. The monoisotopic (exact) mass is 507 g/mol. The average molecular weight is 509 g/mol. The lowest BCUT2D eigenvalue weighted by Crippen LogP contribution is -2.49. The van der Waals surface area contributed by atoms with Crippen molar-refractivity contribution >= 4 is 24.2 Å². The van der Waals surface area contributed by atoms with Crippen LogP contribution in [0.15, 0.2) is 0 Å². The SMILES string of the molecule is CCN(CC)C(O)(CCCCCCCBr)CCCCO[Si](C(C)C)(C(C)C)C(C)C. The second-order valence-corrected chi connectivity index (χ2v) is 16.2. The van der Waals surface area contributed by atoms with Crippen LogP contribution in [-0.4, -0.2) is 49.1 Å². The van der Waals surface area contributed by atoms with Gasteiger partial charge in [-0.15, -0.1) is 0 Å². The normalized spacial score (nSPS) is 15.0. The van der Waals surface area contributed by atoms with Crippen molar-refractivity contribution in [2.24, 2.45) is 0 Å². The summed E-state index contributed by atoms with van der Waals surface area (Å²) in [6.07, 6.45) is 10.0. The predicted molar refractivity (Wildman–Crippen MR) is 140 cm³/mol. The zero-order valence-corrected chi connectivity index (χ0v) is 24.2. The fourth-order valence-electron chi connectivity index (χ4n) is 5.55. The Bertz CT molecular complexity index is 394. The van der Waals surface area contributed by atoms with Gasteiger partial charge >= 0.3 is 0 Å². The predicted octanol–water partition coefficient (Wildman–Crippen LogP) is 8.11. The van der Waals surface area contributed by atoms with Crippen molar-refractivity contribution in [2.45, 2.75) is 136 Å². The van der Waals surface area contributed by atoms with E-state index in [9.17, 15) is 5.11 Å². The zero-order valence-electron chi connectivity index (χ0n) is 21.6. The van der Waals surface area contributed by atoms with Crippen molar-refractivity contribution in [3.63, 3.8) is 0 Å². The van der Waals surface area contributed by atoms with Crippen LogP contribution in [0.1, 0.15) is 113 Å². The molecule has 1 unspecified atom stereocenters. The highest BCUT2D eigenvalue weighted by molar-refractivity contribution is 9.09. The Morgan fingerprint density at radius 3 is 1.63 bits per heavy atom. The third-order valence-electron chi connectivity index (χ3n) is 7.09. The Morgan fingerprint density at radius 2 is 1.20 bits per heavy atom. The summed E-state index contributed by atoms with van der Waals surface area (Å²) in [7, 11) is -1.77. The van der Waals surface area contributed by atoms with Gasteiger partial charge in [0.15, 0.2) is 8.32 Å². The molecule has 0 aliphatic heterocycles. The quantitative estimate of drug-likeness (QED) is 0.0828. The number of hydrogen-bond donors (Lipinski definition) is 1. The van der Waals surface area contributed by atoms with E-state index in [1.54, 1.807) is 0 Å². The lowest BCUT2D eigenvalue weighted by molar-refractivity contribution is -0.119. The fraction of sp³-hybridized carbons (Fsp3) is 1.00. The van der Waals surface area contributed by atoms with Gasteiger partial charge in [0.25, 0.3) is 0 Å². The van der Waals surface area contributed by atoms with Crippen LogP contribution in [0.2, 0.25) is 16.6 Å². The van der Waals surface area contributed by atoms with Crippen molar-refractivity contribution in [2.75, 3.05) is 25.0 Å². The molecule has 0 heterocycles. The second-order valence-electron chi connectivity index (χ2n) is 9.98. The van der Waals surface area contributed by atoms with Crippen LogP contribution in [0.25, 0.3) is 0 Å². The second kappa shape index (κ2) is 16.2. The molecule has 0 aliphatic carbocycles. The van der Waals surface area contributed by atoms with Crippen molar-refractivity contribution in [3.8, 4) is 0 Å². The van der Waals surface area contributed by atoms with Gasteiger partial charge in [-0.3, -0.25) is 4.90 Å². The van der Waals surface area contributed by atoms with Crippen LogP contribution in [0.4, 0.5) is 0 Å². The minimum Gasteiger partial charge on any atom is -0.416 e. The molecule has 0 aliphatic rings. The van der Waals surface area contributed by atoms with E-state index in [2.05, 4.69) is 76.2 Å². The molecule has 1 atom stereocenters. The number of alkyl halides is 1. The first-order chi connectivity index (χ1) is 14.1. The molecule has 0 radical (unpaired) electrons. The molecular weight excluding hydrogens is 454 g/mol. The molecule has 0 saturated carbocycles. The molecule has 0 spiro atoms. The van der Waals surface area contributed by atoms with Crippen LogP contribution in [0, 0.1) is 0 Å². The lowest BCUT2D eigenvalue weighted by Gasteiger charge is -2.42. The van der Waals surface area contributed by atoms with Gasteiger partial charge in [-0.2, -0.15) is 0 Å². The van der Waals surface area contributed by atoms with Gasteiger partial charge in [-0.05, 0) is 68.2 Å². The van der Waals surface area contributed by atoms with Crippen molar-refractivity contribution in [1.29, 1.82) is 0 Å². The minimum atomic E-state index is -1.77. The van der Waals surface area contributed by atoms with Gasteiger partial charge in [-0.1, -0.05) is 90.6 Å². The first-order valence-electron chi connectivity index (χ1n) is 12.8. The number of unbranched alkanes of at least 4 members (excludes halogenated alkanes) is 5. The Labute approximate surface area is 199 Å². The molecule has 0 aromatic rings. The fourth-order valence-corrected chi connectivity index (χ4v) is 11.4. The zero-order chi connectivity index (χ0) is 23.2. The van der Waals surface area contributed by atoms with Gasteiger partial charge in [0, 0.05) is 11.9 Å². The van der Waals surface area contributed by atoms with Crippen LogP contribution in [0.3, 0.4) is 0 Å². The Kier molecular flexibility index (Phi) is 16.5. The molecule has 1 N–H and O–H groups in total. The molecule has 0 saturated heterocycles. The summed E-state index contributed by atoms with van der Waals surface area (Å²) < 4.78 is 6.72. The van der Waals surface area contributed by atoms with Gasteiger partial charge < -0.3 is 9.53 Å². The average Bonchev–Trinajstić information content (AvgIpc) is 2.67. The highest BCUT2D eigenvalue weighted by Crippen LogP contribution is 2.42. The molecule has 3 nitrogen and oxygen atoms in total. The van der Waals surface area contributed by atoms with Crippen LogP contribution in [0.5, 0.6) is 0 Å². The summed E-state index contributed by atoms with van der Waals surface area (Å²) in [4.78, 5) is 2.27. The van der Waals surface area contributed by atoms with Gasteiger partial charge in [0.05, 0.1) is 0 Å². The maximum absolute atomic E-state index is 11.5. The first-order valence-corrected chi connectivity index (χ1v) is 16.1. The topological polar surface area (TPSA) is 32.7 Å². The third-order valence-corrected chi connectivity index (χ3v) is 13.8. The molecule has 0 aromatic heterocycles. The van der Waals surface area contributed by atoms with E-state index in [0.29, 0.717) is 16.6 Å². The molecule has 182 valence electrons. The number of hydrogen-bond acceptors (Lipinski definition) is 3. The number of aliphatic hydroxyl groups is 1. The molecule has 0 aromatic carbocycles. The first kappa shape index (κ1) is 30.6. The van der Waals surface area contributed by atoms with Crippen LogP contribution >= 0.6 is 15.9 Å². The van der Waals surface area contributed by atoms with Gasteiger partial charge in [0.1, 0.15) is 5.72 Å². The molecule has 0 fully saturated rings. The Morgan fingerprint density at radius 1 is 0.767 bits per heavy atom. The van der Waals surface area contributed by atoms with E-state index < -0.39 is 14.0 Å². The number of halogens is 1. The van der Waals surface area contributed by atoms with E-state index in [-0.39, 0.29) is 0 Å². The standard InChI is InChI=1S/C25H54BrNO2Si/c1-9-27(10-2)25(28,18-14-12-11-13-16-20-26)19-15-17-21-29-30(22(3)4,23(5)6)24(7)8/h22-24,28H,9-21H2,1-8H3. The largest absolute Gasteiger partial charge is 0.416 e. The van der Waals surface area contributed by atoms with Gasteiger partial charge in [0.2, 0.25) is 0 Å². The summed E-state index contributed by atoms with van der Waals surface area (Å²) in [5.74, 6) is 0. The molecule has 30 heavy (non-hydrogen) atoms. The maximum atomic E-state index is 11.5. The minimum absolute atomic E-state index is 0.634. The highest BCUT2D eigenvalue weighted by Gasteiger charge is 2.44. The maximum Gasteiger partial charge on any atom is 0.200 e. The van der Waals surface area contributed by atoms with E-state index in [1.165, 1.54) is 25.7 Å². The molecule has 5 heteroatoms. The smallest absolute Gasteiger partial charge is 0.200 e. The van der Waals surface area contributed by atoms with Crippen molar-refractivity contribution < 1.29 is 9.53 Å². The molecule has 0 bridgehead atoms. The van der Waals surface area contributed by atoms with E-state index in [1.807, 2.05) is 0 Å². The summed E-state index contributed by atoms with van der Waals surface area (Å²) in [6.45, 7) is 21.1. The molecule has 0 rings (SSSR count). The van der Waals surface area contributed by atoms with E-state index in [0.717, 1.165) is 57.1 Å². The number of rotatable bonds is 19. The summed E-state index contributed by atoms with van der Waals surface area (Å²) in [6, 6.07) is 0. The van der Waals surface area contributed by atoms with Crippen molar-refractivity contribution in [3.05, 3.63) is 0 Å². The lowest BCUT2D eigenvalue weighted by atomic mass is 9.96. The van der Waals surface area contributed by atoms with Crippen LogP contribution in [-0.2, 0) is 4.43 Å².